The van der Waals surface area contributed by atoms with Crippen LogP contribution in [0.1, 0.15) is 36.8 Å². The van der Waals surface area contributed by atoms with E-state index in [2.05, 4.69) is 205 Å². The van der Waals surface area contributed by atoms with Crippen molar-refractivity contribution in [1.29, 1.82) is 0 Å². The fourth-order valence-electron chi connectivity index (χ4n) is 9.43. The van der Waals surface area contributed by atoms with Gasteiger partial charge in [-0.2, -0.15) is 0 Å². The van der Waals surface area contributed by atoms with E-state index in [4.69, 9.17) is 0 Å². The first-order chi connectivity index (χ1) is 26.8. The monoisotopic (exact) mass is 691 g/mol. The lowest BCUT2D eigenvalue weighted by molar-refractivity contribution is 0.550. The van der Waals surface area contributed by atoms with E-state index >= 15 is 0 Å². The van der Waals surface area contributed by atoms with E-state index in [-0.39, 0.29) is 5.41 Å². The highest BCUT2D eigenvalue weighted by atomic mass is 15.1. The number of para-hydroxylation sites is 1. The molecule has 0 N–H and O–H groups in total. The average Bonchev–Trinajstić information content (AvgIpc) is 3.85. The molecule has 0 amide bonds. The third-order valence-electron chi connectivity index (χ3n) is 11.8. The molecule has 0 aliphatic heterocycles. The van der Waals surface area contributed by atoms with Crippen molar-refractivity contribution in [2.24, 2.45) is 0 Å². The largest absolute Gasteiger partial charge is 0.310 e. The number of nitrogens with zero attached hydrogens (tertiary/aromatic N) is 1. The van der Waals surface area contributed by atoms with Crippen LogP contribution in [-0.4, -0.2) is 0 Å². The van der Waals surface area contributed by atoms with E-state index in [1.165, 1.54) is 98.1 Å². The fraction of sp³-hybridized carbons (Fsp3) is 0.0943. The Kier molecular flexibility index (Phi) is 8.07. The molecule has 1 fully saturated rings. The van der Waals surface area contributed by atoms with Crippen LogP contribution in [-0.2, 0) is 5.41 Å². The maximum absolute atomic E-state index is 2.49. The van der Waals surface area contributed by atoms with Gasteiger partial charge in [-0.15, -0.1) is 0 Å². The number of benzene rings is 8. The fourth-order valence-corrected chi connectivity index (χ4v) is 9.43. The zero-order chi connectivity index (χ0) is 35.9. The average molecular weight is 692 g/mol. The molecule has 0 radical (unpaired) electrons. The first-order valence-electron chi connectivity index (χ1n) is 19.3. The van der Waals surface area contributed by atoms with E-state index in [9.17, 15) is 0 Å². The molecule has 8 aromatic rings. The van der Waals surface area contributed by atoms with E-state index in [0.29, 0.717) is 0 Å². The van der Waals surface area contributed by atoms with E-state index in [1.54, 1.807) is 0 Å². The lowest BCUT2D eigenvalue weighted by atomic mass is 9.77. The number of anilines is 3. The predicted octanol–water partition coefficient (Wildman–Crippen LogP) is 14.7. The molecule has 1 saturated carbocycles. The normalized spacial score (nSPS) is 13.8. The standard InChI is InChI=1S/C53H41N/c1-3-18-38(19-4-1)40-22-17-23-41(36-40)54(42-32-33-51-49(37-42)47-28-11-13-30-50(47)53(51)34-15-16-35-53)52-31-14-12-29-48(52)46-27-10-9-26-45(46)44-25-8-7-24-43(44)39-20-5-2-6-21-39/h1-14,17-33,36-37H,15-16,34-35H2. The predicted molar refractivity (Wildman–Crippen MR) is 228 cm³/mol. The van der Waals surface area contributed by atoms with Gasteiger partial charge in [-0.05, 0) is 104 Å². The molecular formula is C53H41N. The van der Waals surface area contributed by atoms with Crippen molar-refractivity contribution < 1.29 is 0 Å². The first-order valence-corrected chi connectivity index (χ1v) is 19.3. The van der Waals surface area contributed by atoms with Gasteiger partial charge in [0, 0.05) is 22.4 Å². The minimum atomic E-state index is 0.130. The number of hydrogen-bond acceptors (Lipinski definition) is 1. The van der Waals surface area contributed by atoms with E-state index < -0.39 is 0 Å². The van der Waals surface area contributed by atoms with Crippen molar-refractivity contribution in [3.05, 3.63) is 211 Å². The zero-order valence-corrected chi connectivity index (χ0v) is 30.3. The molecule has 8 aromatic carbocycles. The molecule has 258 valence electrons. The van der Waals surface area contributed by atoms with Gasteiger partial charge in [-0.1, -0.05) is 183 Å². The SMILES string of the molecule is c1ccc(-c2cccc(N(c3ccc4c(c3)-c3ccccc3C43CCCC3)c3ccccc3-c3ccccc3-c3ccccc3-c3ccccc3)c2)cc1. The summed E-state index contributed by atoms with van der Waals surface area (Å²) in [6, 6.07) is 73.7. The van der Waals surface area contributed by atoms with Crippen LogP contribution in [0.4, 0.5) is 17.1 Å². The van der Waals surface area contributed by atoms with Crippen molar-refractivity contribution in [3.63, 3.8) is 0 Å². The quantitative estimate of drug-likeness (QED) is 0.161. The Morgan fingerprint density at radius 1 is 0.315 bits per heavy atom. The van der Waals surface area contributed by atoms with Crippen LogP contribution in [0.15, 0.2) is 200 Å². The van der Waals surface area contributed by atoms with Gasteiger partial charge in [-0.3, -0.25) is 0 Å². The highest BCUT2D eigenvalue weighted by molar-refractivity contribution is 5.98. The topological polar surface area (TPSA) is 3.24 Å². The van der Waals surface area contributed by atoms with Crippen LogP contribution in [0.5, 0.6) is 0 Å². The van der Waals surface area contributed by atoms with E-state index in [0.717, 1.165) is 11.4 Å². The van der Waals surface area contributed by atoms with Crippen LogP contribution in [0.3, 0.4) is 0 Å². The Morgan fingerprint density at radius 3 is 1.54 bits per heavy atom. The highest BCUT2D eigenvalue weighted by Crippen LogP contribution is 2.58. The summed E-state index contributed by atoms with van der Waals surface area (Å²) in [4.78, 5) is 2.49. The summed E-state index contributed by atoms with van der Waals surface area (Å²) in [5.74, 6) is 0. The number of hydrogen-bond donors (Lipinski definition) is 0. The maximum atomic E-state index is 2.49. The smallest absolute Gasteiger partial charge is 0.0540 e. The Hall–Kier alpha value is -6.44. The summed E-state index contributed by atoms with van der Waals surface area (Å²) in [6.45, 7) is 0. The van der Waals surface area contributed by atoms with Gasteiger partial charge in [0.25, 0.3) is 0 Å². The van der Waals surface area contributed by atoms with E-state index in [1.807, 2.05) is 0 Å². The summed E-state index contributed by atoms with van der Waals surface area (Å²) >= 11 is 0. The van der Waals surface area contributed by atoms with Crippen molar-refractivity contribution in [1.82, 2.24) is 0 Å². The Bertz CT molecular complexity index is 2610. The van der Waals surface area contributed by atoms with Gasteiger partial charge in [0.15, 0.2) is 0 Å². The molecule has 0 bridgehead atoms. The first kappa shape index (κ1) is 32.2. The number of rotatable bonds is 7. The van der Waals surface area contributed by atoms with Gasteiger partial charge in [0.05, 0.1) is 5.69 Å². The highest BCUT2D eigenvalue weighted by Gasteiger charge is 2.45. The molecule has 1 heteroatoms. The third-order valence-corrected chi connectivity index (χ3v) is 11.8. The lowest BCUT2D eigenvalue weighted by Crippen LogP contribution is -2.20. The lowest BCUT2D eigenvalue weighted by Gasteiger charge is -2.30. The molecule has 0 saturated heterocycles. The molecule has 0 heterocycles. The summed E-state index contributed by atoms with van der Waals surface area (Å²) in [7, 11) is 0. The van der Waals surface area contributed by atoms with Crippen molar-refractivity contribution >= 4 is 17.1 Å². The Balaban J connectivity index is 1.19. The van der Waals surface area contributed by atoms with Crippen LogP contribution >= 0.6 is 0 Å². The van der Waals surface area contributed by atoms with Gasteiger partial charge in [-0.25, -0.2) is 0 Å². The van der Waals surface area contributed by atoms with Crippen molar-refractivity contribution in [2.45, 2.75) is 31.1 Å². The van der Waals surface area contributed by atoms with Crippen LogP contribution in [0.25, 0.3) is 55.6 Å². The molecule has 0 atom stereocenters. The molecule has 2 aliphatic carbocycles. The molecular weight excluding hydrogens is 651 g/mol. The Labute approximate surface area is 318 Å². The minimum absolute atomic E-state index is 0.130. The molecule has 2 aliphatic rings. The van der Waals surface area contributed by atoms with Crippen LogP contribution in [0.2, 0.25) is 0 Å². The molecule has 1 nitrogen and oxygen atoms in total. The second kappa shape index (κ2) is 13.5. The summed E-state index contributed by atoms with van der Waals surface area (Å²) in [5, 5.41) is 0. The van der Waals surface area contributed by atoms with Crippen molar-refractivity contribution in [2.75, 3.05) is 4.90 Å². The molecule has 0 unspecified atom stereocenters. The van der Waals surface area contributed by atoms with Gasteiger partial charge in [0.1, 0.15) is 0 Å². The molecule has 10 rings (SSSR count). The summed E-state index contributed by atoms with van der Waals surface area (Å²) in [5.41, 5.74) is 19.1. The minimum Gasteiger partial charge on any atom is -0.310 e. The van der Waals surface area contributed by atoms with Crippen LogP contribution < -0.4 is 4.90 Å². The molecule has 1 spiro atoms. The molecule has 0 aromatic heterocycles. The Morgan fingerprint density at radius 2 is 0.815 bits per heavy atom. The third kappa shape index (κ3) is 5.39. The molecule has 54 heavy (non-hydrogen) atoms. The van der Waals surface area contributed by atoms with Crippen LogP contribution in [0, 0.1) is 0 Å². The van der Waals surface area contributed by atoms with Gasteiger partial charge in [0.2, 0.25) is 0 Å². The maximum Gasteiger partial charge on any atom is 0.0540 e. The summed E-state index contributed by atoms with van der Waals surface area (Å²) in [6.07, 6.45) is 5.02. The van der Waals surface area contributed by atoms with Crippen molar-refractivity contribution in [3.8, 4) is 55.6 Å². The second-order valence-corrected chi connectivity index (χ2v) is 14.8. The second-order valence-electron chi connectivity index (χ2n) is 14.8. The van der Waals surface area contributed by atoms with Gasteiger partial charge < -0.3 is 4.90 Å². The summed E-state index contributed by atoms with van der Waals surface area (Å²) < 4.78 is 0. The number of fused-ring (bicyclic) bond motifs is 5. The van der Waals surface area contributed by atoms with Gasteiger partial charge >= 0.3 is 0 Å². The zero-order valence-electron chi connectivity index (χ0n) is 30.3.